The number of anilines is 1. The van der Waals surface area contributed by atoms with Crippen LogP contribution < -0.4 is 4.90 Å². The van der Waals surface area contributed by atoms with Gasteiger partial charge in [-0.25, -0.2) is 4.90 Å². The van der Waals surface area contributed by atoms with E-state index in [1.807, 2.05) is 39.0 Å². The Hall–Kier alpha value is -1.90. The number of carbonyl (C=O) groups is 2. The van der Waals surface area contributed by atoms with Crippen molar-refractivity contribution < 1.29 is 9.59 Å². The molecule has 2 amide bonds. The number of aryl methyl sites for hydroxylation is 2. The molecule has 4 atom stereocenters. The van der Waals surface area contributed by atoms with Crippen molar-refractivity contribution in [1.29, 1.82) is 0 Å². The van der Waals surface area contributed by atoms with E-state index in [1.165, 1.54) is 4.90 Å². The van der Waals surface area contributed by atoms with Crippen molar-refractivity contribution in [3.8, 4) is 0 Å². The molecule has 1 saturated carbocycles. The molecule has 2 aliphatic carbocycles. The Morgan fingerprint density at radius 1 is 1.19 bits per heavy atom. The van der Waals surface area contributed by atoms with Crippen LogP contribution in [-0.4, -0.2) is 11.8 Å². The number of benzene rings is 1. The minimum absolute atomic E-state index is 0.00805. The van der Waals surface area contributed by atoms with Crippen LogP contribution in [-0.2, 0) is 9.59 Å². The fourth-order valence-corrected chi connectivity index (χ4v) is 4.59. The third-order valence-corrected chi connectivity index (χ3v) is 5.70. The normalized spacial score (nSPS) is 36.7. The first-order valence-electron chi connectivity index (χ1n) is 7.58. The molecule has 2 fully saturated rings. The molecule has 1 heterocycles. The number of allylic oxidation sites excluding steroid dienone is 2. The Balaban J connectivity index is 1.83. The maximum absolute atomic E-state index is 13.0. The molecule has 1 aromatic rings. The van der Waals surface area contributed by atoms with Crippen molar-refractivity contribution in [1.82, 2.24) is 0 Å². The second kappa shape index (κ2) is 3.85. The third kappa shape index (κ3) is 1.39. The first kappa shape index (κ1) is 12.8. The van der Waals surface area contributed by atoms with Crippen LogP contribution in [0.25, 0.3) is 0 Å². The van der Waals surface area contributed by atoms with Crippen LogP contribution in [0, 0.1) is 37.0 Å². The first-order valence-corrected chi connectivity index (χ1v) is 7.58. The number of carbonyl (C=O) groups excluding carboxylic acids is 2. The van der Waals surface area contributed by atoms with E-state index < -0.39 is 5.41 Å². The van der Waals surface area contributed by atoms with Gasteiger partial charge >= 0.3 is 0 Å². The van der Waals surface area contributed by atoms with Crippen LogP contribution >= 0.6 is 0 Å². The summed E-state index contributed by atoms with van der Waals surface area (Å²) in [6, 6.07) is 5.89. The average Bonchev–Trinajstić information content (AvgIpc) is 3.05. The van der Waals surface area contributed by atoms with Gasteiger partial charge in [0.2, 0.25) is 11.8 Å². The zero-order chi connectivity index (χ0) is 14.9. The van der Waals surface area contributed by atoms with E-state index >= 15 is 0 Å². The summed E-state index contributed by atoms with van der Waals surface area (Å²) in [7, 11) is 0. The standard InChI is InChI=1S/C18H19NO2/c1-10-4-7-14(11(2)8-10)19-16(20)15-12-5-6-13(9-12)18(15,3)17(19)21/h4-8,12-13,15H,9H2,1-3H3/t12-,13+,15-,18-/m0/s1. The number of nitrogens with zero attached hydrogens (tertiary/aromatic N) is 1. The Morgan fingerprint density at radius 2 is 1.95 bits per heavy atom. The quantitative estimate of drug-likeness (QED) is 0.586. The van der Waals surface area contributed by atoms with Gasteiger partial charge in [-0.2, -0.15) is 0 Å². The highest BCUT2D eigenvalue weighted by Gasteiger charge is 2.67. The predicted molar refractivity (Wildman–Crippen MR) is 80.7 cm³/mol. The fraction of sp³-hybridized carbons (Fsp3) is 0.444. The van der Waals surface area contributed by atoms with Gasteiger partial charge in [0, 0.05) is 0 Å². The lowest BCUT2D eigenvalue weighted by Crippen LogP contribution is -2.37. The van der Waals surface area contributed by atoms with Gasteiger partial charge in [-0.05, 0) is 50.7 Å². The molecule has 4 rings (SSSR count). The largest absolute Gasteiger partial charge is 0.274 e. The number of rotatable bonds is 1. The topological polar surface area (TPSA) is 37.4 Å². The van der Waals surface area contributed by atoms with Crippen molar-refractivity contribution in [3.63, 3.8) is 0 Å². The number of hydrogen-bond acceptors (Lipinski definition) is 2. The number of imide groups is 1. The van der Waals surface area contributed by atoms with Crippen molar-refractivity contribution in [3.05, 3.63) is 41.5 Å². The van der Waals surface area contributed by atoms with Gasteiger partial charge in [0.15, 0.2) is 0 Å². The SMILES string of the molecule is Cc1ccc(N2C(=O)[C@@H]3[C@H]4C=C[C@H](C4)[C@]3(C)C2=O)c(C)c1. The molecule has 0 spiro atoms. The first-order chi connectivity index (χ1) is 9.94. The number of hydrogen-bond donors (Lipinski definition) is 0. The second-order valence-corrected chi connectivity index (χ2v) is 6.92. The molecular weight excluding hydrogens is 262 g/mol. The van der Waals surface area contributed by atoms with Gasteiger partial charge in [-0.3, -0.25) is 9.59 Å². The van der Waals surface area contributed by atoms with Gasteiger partial charge in [0.25, 0.3) is 0 Å². The highest BCUT2D eigenvalue weighted by Crippen LogP contribution is 2.61. The van der Waals surface area contributed by atoms with Gasteiger partial charge < -0.3 is 0 Å². The maximum Gasteiger partial charge on any atom is 0.241 e. The summed E-state index contributed by atoms with van der Waals surface area (Å²) in [6.45, 7) is 5.96. The third-order valence-electron chi connectivity index (χ3n) is 5.70. The molecule has 0 unspecified atom stereocenters. The molecule has 3 heteroatoms. The molecule has 3 nitrogen and oxygen atoms in total. The highest BCUT2D eigenvalue weighted by atomic mass is 16.2. The van der Waals surface area contributed by atoms with Crippen molar-refractivity contribution in [2.45, 2.75) is 27.2 Å². The van der Waals surface area contributed by atoms with Crippen molar-refractivity contribution in [2.24, 2.45) is 23.2 Å². The number of fused-ring (bicyclic) bond motifs is 5. The summed E-state index contributed by atoms with van der Waals surface area (Å²) in [4.78, 5) is 27.4. The van der Waals surface area contributed by atoms with E-state index in [0.29, 0.717) is 0 Å². The van der Waals surface area contributed by atoms with E-state index in [-0.39, 0.29) is 29.6 Å². The van der Waals surface area contributed by atoms with Crippen LogP contribution in [0.3, 0.4) is 0 Å². The Labute approximate surface area is 124 Å². The molecule has 2 bridgehead atoms. The lowest BCUT2D eigenvalue weighted by molar-refractivity contribution is -0.127. The summed E-state index contributed by atoms with van der Waals surface area (Å²) in [5, 5.41) is 0. The Bertz CT molecular complexity index is 705. The maximum atomic E-state index is 13.0. The molecule has 21 heavy (non-hydrogen) atoms. The van der Waals surface area contributed by atoms with Gasteiger partial charge in [0.1, 0.15) is 0 Å². The molecule has 1 saturated heterocycles. The minimum atomic E-state index is -0.534. The lowest BCUT2D eigenvalue weighted by atomic mass is 9.71. The van der Waals surface area contributed by atoms with Crippen LogP contribution in [0.2, 0.25) is 0 Å². The van der Waals surface area contributed by atoms with Crippen LogP contribution in [0.15, 0.2) is 30.4 Å². The molecule has 3 aliphatic rings. The Kier molecular flexibility index (Phi) is 2.35. The minimum Gasteiger partial charge on any atom is -0.274 e. The van der Waals surface area contributed by atoms with Gasteiger partial charge in [-0.15, -0.1) is 0 Å². The number of amides is 2. The summed E-state index contributed by atoms with van der Waals surface area (Å²) in [5.74, 6) is 0.278. The van der Waals surface area contributed by atoms with Crippen molar-refractivity contribution in [2.75, 3.05) is 4.90 Å². The molecule has 108 valence electrons. The summed E-state index contributed by atoms with van der Waals surface area (Å²) in [6.07, 6.45) is 5.23. The molecule has 0 aromatic heterocycles. The van der Waals surface area contributed by atoms with Crippen LogP contribution in [0.5, 0.6) is 0 Å². The van der Waals surface area contributed by atoms with E-state index in [9.17, 15) is 9.59 Å². The summed E-state index contributed by atoms with van der Waals surface area (Å²) < 4.78 is 0. The zero-order valence-corrected chi connectivity index (χ0v) is 12.6. The van der Waals surface area contributed by atoms with E-state index in [2.05, 4.69) is 12.2 Å². The second-order valence-electron chi connectivity index (χ2n) is 6.92. The van der Waals surface area contributed by atoms with Crippen LogP contribution in [0.1, 0.15) is 24.5 Å². The Morgan fingerprint density at radius 3 is 2.62 bits per heavy atom. The van der Waals surface area contributed by atoms with Crippen molar-refractivity contribution >= 4 is 17.5 Å². The molecule has 1 aliphatic heterocycles. The molecular formula is C18H19NO2. The molecule has 0 N–H and O–H groups in total. The lowest BCUT2D eigenvalue weighted by Gasteiger charge is -2.28. The van der Waals surface area contributed by atoms with Gasteiger partial charge in [0.05, 0.1) is 17.0 Å². The smallest absolute Gasteiger partial charge is 0.241 e. The van der Waals surface area contributed by atoms with Crippen LogP contribution in [0.4, 0.5) is 5.69 Å². The molecule has 0 radical (unpaired) electrons. The zero-order valence-electron chi connectivity index (χ0n) is 12.6. The molecule has 1 aromatic carbocycles. The average molecular weight is 281 g/mol. The van der Waals surface area contributed by atoms with Gasteiger partial charge in [-0.1, -0.05) is 29.8 Å². The monoisotopic (exact) mass is 281 g/mol. The summed E-state index contributed by atoms with van der Waals surface area (Å²) in [5.41, 5.74) is 2.35. The van der Waals surface area contributed by atoms with E-state index in [4.69, 9.17) is 0 Å². The van der Waals surface area contributed by atoms with E-state index in [1.54, 1.807) is 0 Å². The van der Waals surface area contributed by atoms with E-state index in [0.717, 1.165) is 23.2 Å². The summed E-state index contributed by atoms with van der Waals surface area (Å²) >= 11 is 0. The highest BCUT2D eigenvalue weighted by molar-refractivity contribution is 6.24. The fourth-order valence-electron chi connectivity index (χ4n) is 4.59. The predicted octanol–water partition coefficient (Wildman–Crippen LogP) is 3.01.